The first-order valence-electron chi connectivity index (χ1n) is 7.45. The lowest BCUT2D eigenvalue weighted by Crippen LogP contribution is -2.21. The topological polar surface area (TPSA) is 58.2 Å². The molecule has 0 saturated heterocycles. The van der Waals surface area contributed by atoms with Crippen molar-refractivity contribution in [3.8, 4) is 5.75 Å². The Kier molecular flexibility index (Phi) is 4.39. The number of rotatable bonds is 5. The quantitative estimate of drug-likeness (QED) is 0.787. The van der Waals surface area contributed by atoms with Gasteiger partial charge in [-0.3, -0.25) is 9.69 Å². The molecular weight excluding hydrogens is 290 g/mol. The SMILES string of the molecule is COc1ccc(CN(C)Cc2nc3ccccc3c(=O)[nH]2)cc1. The lowest BCUT2D eigenvalue weighted by atomic mass is 10.2. The van der Waals surface area contributed by atoms with Crippen LogP contribution in [0, 0.1) is 0 Å². The zero-order chi connectivity index (χ0) is 16.2. The summed E-state index contributed by atoms with van der Waals surface area (Å²) in [5.74, 6) is 1.52. The van der Waals surface area contributed by atoms with Crippen LogP contribution in [0.1, 0.15) is 11.4 Å². The summed E-state index contributed by atoms with van der Waals surface area (Å²) < 4.78 is 5.16. The fraction of sp³-hybridized carbons (Fsp3) is 0.222. The molecule has 0 unspecified atom stereocenters. The maximum Gasteiger partial charge on any atom is 0.258 e. The molecule has 0 radical (unpaired) electrons. The molecule has 0 fully saturated rings. The van der Waals surface area contributed by atoms with Crippen LogP contribution in [0.25, 0.3) is 10.9 Å². The fourth-order valence-electron chi connectivity index (χ4n) is 2.56. The van der Waals surface area contributed by atoms with Crippen molar-refractivity contribution >= 4 is 10.9 Å². The van der Waals surface area contributed by atoms with Crippen LogP contribution in [0.3, 0.4) is 0 Å². The molecule has 0 atom stereocenters. The molecule has 5 heteroatoms. The minimum absolute atomic E-state index is 0.0940. The third-order valence-electron chi connectivity index (χ3n) is 3.69. The van der Waals surface area contributed by atoms with Crippen LogP contribution < -0.4 is 10.3 Å². The van der Waals surface area contributed by atoms with Crippen molar-refractivity contribution in [2.45, 2.75) is 13.1 Å². The second-order valence-electron chi connectivity index (χ2n) is 5.55. The number of hydrogen-bond acceptors (Lipinski definition) is 4. The van der Waals surface area contributed by atoms with E-state index in [1.165, 1.54) is 5.56 Å². The van der Waals surface area contributed by atoms with E-state index in [9.17, 15) is 4.79 Å². The highest BCUT2D eigenvalue weighted by molar-refractivity contribution is 5.77. The lowest BCUT2D eigenvalue weighted by Gasteiger charge is -2.16. The predicted octanol–water partition coefficient (Wildman–Crippen LogP) is 2.56. The van der Waals surface area contributed by atoms with Gasteiger partial charge in [-0.15, -0.1) is 0 Å². The van der Waals surface area contributed by atoms with E-state index in [0.717, 1.165) is 17.8 Å². The number of aromatic amines is 1. The Morgan fingerprint density at radius 3 is 2.57 bits per heavy atom. The van der Waals surface area contributed by atoms with Crippen LogP contribution in [0.5, 0.6) is 5.75 Å². The third-order valence-corrected chi connectivity index (χ3v) is 3.69. The highest BCUT2D eigenvalue weighted by atomic mass is 16.5. The molecule has 0 aliphatic rings. The summed E-state index contributed by atoms with van der Waals surface area (Å²) in [6.07, 6.45) is 0. The van der Waals surface area contributed by atoms with E-state index in [0.29, 0.717) is 17.8 Å². The monoisotopic (exact) mass is 309 g/mol. The van der Waals surface area contributed by atoms with Crippen LogP contribution in [-0.4, -0.2) is 29.0 Å². The molecular formula is C18H19N3O2. The highest BCUT2D eigenvalue weighted by Crippen LogP contribution is 2.13. The Morgan fingerprint density at radius 2 is 1.83 bits per heavy atom. The molecule has 1 aromatic heterocycles. The molecule has 1 N–H and O–H groups in total. The van der Waals surface area contributed by atoms with Gasteiger partial charge in [0.25, 0.3) is 5.56 Å². The minimum Gasteiger partial charge on any atom is -0.497 e. The molecule has 0 spiro atoms. The van der Waals surface area contributed by atoms with Gasteiger partial charge < -0.3 is 9.72 Å². The van der Waals surface area contributed by atoms with Crippen LogP contribution in [0.4, 0.5) is 0 Å². The second kappa shape index (κ2) is 6.62. The summed E-state index contributed by atoms with van der Waals surface area (Å²) in [6, 6.07) is 15.3. The van der Waals surface area contributed by atoms with E-state index < -0.39 is 0 Å². The van der Waals surface area contributed by atoms with Crippen LogP contribution >= 0.6 is 0 Å². The fourth-order valence-corrected chi connectivity index (χ4v) is 2.56. The zero-order valence-corrected chi connectivity index (χ0v) is 13.2. The Morgan fingerprint density at radius 1 is 1.09 bits per heavy atom. The first-order valence-corrected chi connectivity index (χ1v) is 7.45. The summed E-state index contributed by atoms with van der Waals surface area (Å²) in [7, 11) is 3.66. The number of fused-ring (bicyclic) bond motifs is 1. The van der Waals surface area contributed by atoms with Crippen molar-refractivity contribution in [3.05, 3.63) is 70.3 Å². The minimum atomic E-state index is -0.0940. The van der Waals surface area contributed by atoms with Gasteiger partial charge in [0.15, 0.2) is 0 Å². The number of aromatic nitrogens is 2. The lowest BCUT2D eigenvalue weighted by molar-refractivity contribution is 0.310. The van der Waals surface area contributed by atoms with Gasteiger partial charge in [-0.2, -0.15) is 0 Å². The van der Waals surface area contributed by atoms with Crippen molar-refractivity contribution in [1.82, 2.24) is 14.9 Å². The van der Waals surface area contributed by atoms with E-state index in [4.69, 9.17) is 4.74 Å². The van der Waals surface area contributed by atoms with Gasteiger partial charge in [-0.05, 0) is 36.9 Å². The number of para-hydroxylation sites is 1. The average Bonchev–Trinajstić information content (AvgIpc) is 2.55. The molecule has 0 aliphatic heterocycles. The van der Waals surface area contributed by atoms with Gasteiger partial charge in [0.2, 0.25) is 0 Å². The average molecular weight is 309 g/mol. The van der Waals surface area contributed by atoms with Gasteiger partial charge in [-0.1, -0.05) is 24.3 Å². The molecule has 0 amide bonds. The summed E-state index contributed by atoms with van der Waals surface area (Å²) in [6.45, 7) is 1.34. The molecule has 2 aromatic carbocycles. The Bertz CT molecular complexity index is 856. The first-order chi connectivity index (χ1) is 11.2. The number of ether oxygens (including phenoxy) is 1. The van der Waals surface area contributed by atoms with E-state index in [2.05, 4.69) is 14.9 Å². The zero-order valence-electron chi connectivity index (χ0n) is 13.2. The maximum atomic E-state index is 12.1. The normalized spacial score (nSPS) is 11.1. The molecule has 0 bridgehead atoms. The molecule has 3 aromatic rings. The molecule has 118 valence electrons. The summed E-state index contributed by atoms with van der Waals surface area (Å²) in [5, 5.41) is 0.619. The molecule has 5 nitrogen and oxygen atoms in total. The van der Waals surface area contributed by atoms with Crippen molar-refractivity contribution in [2.75, 3.05) is 14.2 Å². The number of H-pyrrole nitrogens is 1. The van der Waals surface area contributed by atoms with Gasteiger partial charge in [0, 0.05) is 6.54 Å². The van der Waals surface area contributed by atoms with Gasteiger partial charge in [0.1, 0.15) is 11.6 Å². The molecule has 23 heavy (non-hydrogen) atoms. The Hall–Kier alpha value is -2.66. The van der Waals surface area contributed by atoms with Crippen molar-refractivity contribution in [1.29, 1.82) is 0 Å². The number of nitrogens with zero attached hydrogens (tertiary/aromatic N) is 2. The Balaban J connectivity index is 1.74. The maximum absolute atomic E-state index is 12.1. The molecule has 0 saturated carbocycles. The third kappa shape index (κ3) is 3.57. The van der Waals surface area contributed by atoms with Gasteiger partial charge >= 0.3 is 0 Å². The van der Waals surface area contributed by atoms with Crippen molar-refractivity contribution < 1.29 is 4.74 Å². The van der Waals surface area contributed by atoms with E-state index in [-0.39, 0.29) is 5.56 Å². The number of hydrogen-bond donors (Lipinski definition) is 1. The molecule has 0 aliphatic carbocycles. The van der Waals surface area contributed by atoms with E-state index in [1.54, 1.807) is 13.2 Å². The van der Waals surface area contributed by atoms with Gasteiger partial charge in [0.05, 0.1) is 24.6 Å². The van der Waals surface area contributed by atoms with E-state index in [1.807, 2.05) is 49.5 Å². The Labute approximate surface area is 134 Å². The van der Waals surface area contributed by atoms with Crippen LogP contribution in [0.15, 0.2) is 53.3 Å². The van der Waals surface area contributed by atoms with Crippen LogP contribution in [0.2, 0.25) is 0 Å². The predicted molar refractivity (Wildman–Crippen MR) is 90.5 cm³/mol. The molecule has 1 heterocycles. The smallest absolute Gasteiger partial charge is 0.258 e. The summed E-state index contributed by atoms with van der Waals surface area (Å²) in [5.41, 5.74) is 1.81. The van der Waals surface area contributed by atoms with Crippen molar-refractivity contribution in [2.24, 2.45) is 0 Å². The second-order valence-corrected chi connectivity index (χ2v) is 5.55. The number of benzene rings is 2. The molecule has 3 rings (SSSR count). The summed E-state index contributed by atoms with van der Waals surface area (Å²) >= 11 is 0. The largest absolute Gasteiger partial charge is 0.497 e. The first kappa shape index (κ1) is 15.2. The van der Waals surface area contributed by atoms with Gasteiger partial charge in [-0.25, -0.2) is 4.98 Å². The van der Waals surface area contributed by atoms with Crippen molar-refractivity contribution in [3.63, 3.8) is 0 Å². The number of nitrogens with one attached hydrogen (secondary N) is 1. The number of methoxy groups -OCH3 is 1. The highest BCUT2D eigenvalue weighted by Gasteiger charge is 2.07. The summed E-state index contributed by atoms with van der Waals surface area (Å²) in [4.78, 5) is 21.6. The van der Waals surface area contributed by atoms with E-state index >= 15 is 0 Å². The standard InChI is InChI=1S/C18H19N3O2/c1-21(11-13-7-9-14(23-2)10-8-13)12-17-19-16-6-4-3-5-15(16)18(22)20-17/h3-10H,11-12H2,1-2H3,(H,19,20,22). The van der Waals surface area contributed by atoms with Crippen LogP contribution in [-0.2, 0) is 13.1 Å².